The van der Waals surface area contributed by atoms with Gasteiger partial charge in [0.1, 0.15) is 12.6 Å². The molecule has 1 fully saturated rings. The predicted octanol–water partition coefficient (Wildman–Crippen LogP) is 5.86. The molecule has 1 N–H and O–H groups in total. The molecule has 5 aromatic rings. The Bertz CT molecular complexity index is 1690. The van der Waals surface area contributed by atoms with Crippen LogP contribution in [-0.2, 0) is 22.6 Å². The summed E-state index contributed by atoms with van der Waals surface area (Å²) in [5.74, 6) is -0.0588. The van der Waals surface area contributed by atoms with E-state index < -0.39 is 6.04 Å². The molecular weight excluding hydrogens is 482 g/mol. The highest BCUT2D eigenvalue weighted by molar-refractivity contribution is 6.30. The largest absolute Gasteiger partial charge is 0.356 e. The van der Waals surface area contributed by atoms with Crippen LogP contribution in [0.1, 0.15) is 28.4 Å². The van der Waals surface area contributed by atoms with Crippen LogP contribution in [0.25, 0.3) is 21.7 Å². The lowest BCUT2D eigenvalue weighted by Crippen LogP contribution is -2.62. The van der Waals surface area contributed by atoms with Crippen molar-refractivity contribution in [3.8, 4) is 0 Å². The minimum Gasteiger partial charge on any atom is -0.356 e. The van der Waals surface area contributed by atoms with Crippen LogP contribution < -0.4 is 0 Å². The second-order valence-electron chi connectivity index (χ2n) is 9.88. The maximum Gasteiger partial charge on any atom is 0.246 e. The molecule has 0 saturated carbocycles. The van der Waals surface area contributed by atoms with Crippen molar-refractivity contribution in [2.24, 2.45) is 0 Å². The molecule has 3 heterocycles. The number of hydrogen-bond donors (Lipinski definition) is 1. The minimum absolute atomic E-state index is 0.0179. The number of carbonyl (C=O) groups is 2. The smallest absolute Gasteiger partial charge is 0.246 e. The molecule has 1 aromatic heterocycles. The molecule has 4 aromatic carbocycles. The standard InChI is InChI=1S/C31H24ClN3O2/c32-21-14-12-19(13-15-21)17-34-18-28(36)35-27(31(34)37)16-25-23-9-3-4-11-26(23)33-29(25)30(35)24-10-5-7-20-6-1-2-8-22(20)24/h1-15,27,30,33H,16-18H2. The topological polar surface area (TPSA) is 56.4 Å². The molecule has 0 radical (unpaired) electrons. The van der Waals surface area contributed by atoms with Gasteiger partial charge in [0.25, 0.3) is 0 Å². The Morgan fingerprint density at radius 3 is 2.41 bits per heavy atom. The van der Waals surface area contributed by atoms with Crippen molar-refractivity contribution in [1.82, 2.24) is 14.8 Å². The zero-order valence-electron chi connectivity index (χ0n) is 20.0. The summed E-state index contributed by atoms with van der Waals surface area (Å²) < 4.78 is 0. The van der Waals surface area contributed by atoms with E-state index in [0.717, 1.165) is 44.1 Å². The summed E-state index contributed by atoms with van der Waals surface area (Å²) in [7, 11) is 0. The summed E-state index contributed by atoms with van der Waals surface area (Å²) in [5.41, 5.74) is 5.12. The molecule has 2 aliphatic rings. The molecule has 37 heavy (non-hydrogen) atoms. The average molecular weight is 506 g/mol. The number of hydrogen-bond acceptors (Lipinski definition) is 2. The normalized spacial score (nSPS) is 19.4. The van der Waals surface area contributed by atoms with Crippen molar-refractivity contribution >= 4 is 45.1 Å². The number of rotatable bonds is 3. The van der Waals surface area contributed by atoms with E-state index in [1.807, 2.05) is 59.5 Å². The number of H-pyrrole nitrogens is 1. The lowest BCUT2D eigenvalue weighted by Gasteiger charge is -2.47. The van der Waals surface area contributed by atoms with Gasteiger partial charge in [-0.05, 0) is 45.7 Å². The van der Waals surface area contributed by atoms with Gasteiger partial charge in [-0.25, -0.2) is 0 Å². The molecule has 182 valence electrons. The van der Waals surface area contributed by atoms with E-state index in [-0.39, 0.29) is 24.4 Å². The predicted molar refractivity (Wildman–Crippen MR) is 145 cm³/mol. The van der Waals surface area contributed by atoms with Crippen molar-refractivity contribution in [3.63, 3.8) is 0 Å². The fourth-order valence-corrected chi connectivity index (χ4v) is 6.21. The number of amides is 2. The lowest BCUT2D eigenvalue weighted by molar-refractivity contribution is -0.159. The fourth-order valence-electron chi connectivity index (χ4n) is 6.08. The molecule has 5 nitrogen and oxygen atoms in total. The average Bonchev–Trinajstić information content (AvgIpc) is 3.30. The number of nitrogens with zero attached hydrogens (tertiary/aromatic N) is 2. The Morgan fingerprint density at radius 2 is 1.57 bits per heavy atom. The molecule has 0 spiro atoms. The number of aromatic amines is 1. The van der Waals surface area contributed by atoms with Crippen LogP contribution in [0.15, 0.2) is 91.0 Å². The van der Waals surface area contributed by atoms with Gasteiger partial charge in [0.2, 0.25) is 11.8 Å². The maximum absolute atomic E-state index is 14.0. The van der Waals surface area contributed by atoms with Crippen LogP contribution in [0, 0.1) is 0 Å². The van der Waals surface area contributed by atoms with Gasteiger partial charge < -0.3 is 14.8 Å². The molecule has 2 atom stereocenters. The maximum atomic E-state index is 14.0. The minimum atomic E-state index is -0.566. The highest BCUT2D eigenvalue weighted by atomic mass is 35.5. The summed E-state index contributed by atoms with van der Waals surface area (Å²) >= 11 is 6.05. The highest BCUT2D eigenvalue weighted by Crippen LogP contribution is 2.44. The first-order valence-electron chi connectivity index (χ1n) is 12.5. The summed E-state index contributed by atoms with van der Waals surface area (Å²) in [6.07, 6.45) is 0.488. The van der Waals surface area contributed by atoms with Crippen LogP contribution >= 0.6 is 11.6 Å². The molecule has 7 rings (SSSR count). The quantitative estimate of drug-likeness (QED) is 0.334. The first-order valence-corrected chi connectivity index (χ1v) is 12.9. The lowest BCUT2D eigenvalue weighted by atomic mass is 9.84. The monoisotopic (exact) mass is 505 g/mol. The summed E-state index contributed by atoms with van der Waals surface area (Å²) in [6, 6.07) is 29.1. The van der Waals surface area contributed by atoms with Gasteiger partial charge in [0.05, 0.1) is 6.04 Å². The Balaban J connectivity index is 1.38. The van der Waals surface area contributed by atoms with E-state index in [4.69, 9.17) is 11.6 Å². The van der Waals surface area contributed by atoms with E-state index in [1.165, 1.54) is 0 Å². The molecule has 0 bridgehead atoms. The van der Waals surface area contributed by atoms with E-state index >= 15 is 0 Å². The van der Waals surface area contributed by atoms with Crippen molar-refractivity contribution in [1.29, 1.82) is 0 Å². The van der Waals surface area contributed by atoms with Gasteiger partial charge in [-0.3, -0.25) is 9.59 Å². The second-order valence-corrected chi connectivity index (χ2v) is 10.3. The third kappa shape index (κ3) is 3.53. The van der Waals surface area contributed by atoms with Crippen molar-refractivity contribution < 1.29 is 9.59 Å². The Hall–Kier alpha value is -4.09. The third-order valence-electron chi connectivity index (χ3n) is 7.75. The number of aromatic nitrogens is 1. The summed E-state index contributed by atoms with van der Waals surface area (Å²) in [6.45, 7) is 0.431. The number of benzene rings is 4. The molecule has 2 unspecified atom stereocenters. The van der Waals surface area contributed by atoms with Gasteiger partial charge in [0, 0.05) is 34.6 Å². The molecular formula is C31H24ClN3O2. The van der Waals surface area contributed by atoms with Crippen LogP contribution in [-0.4, -0.2) is 39.2 Å². The number of piperazine rings is 1. The van der Waals surface area contributed by atoms with Gasteiger partial charge >= 0.3 is 0 Å². The van der Waals surface area contributed by atoms with E-state index in [1.54, 1.807) is 4.90 Å². The number of nitrogens with one attached hydrogen (secondary N) is 1. The van der Waals surface area contributed by atoms with E-state index in [9.17, 15) is 9.59 Å². The first kappa shape index (κ1) is 22.1. The van der Waals surface area contributed by atoms with E-state index in [0.29, 0.717) is 18.0 Å². The SMILES string of the molecule is O=C1C2Cc3c([nH]c4ccccc34)C(c3cccc4ccccc34)N2C(=O)CN1Cc1ccc(Cl)cc1. The van der Waals surface area contributed by atoms with Crippen molar-refractivity contribution in [2.75, 3.05) is 6.54 Å². The Morgan fingerprint density at radius 1 is 0.838 bits per heavy atom. The van der Waals surface area contributed by atoms with Gasteiger partial charge in [-0.1, -0.05) is 84.4 Å². The zero-order chi connectivity index (χ0) is 25.1. The van der Waals surface area contributed by atoms with Gasteiger partial charge in [0.15, 0.2) is 0 Å². The second kappa shape index (κ2) is 8.49. The van der Waals surface area contributed by atoms with Gasteiger partial charge in [-0.2, -0.15) is 0 Å². The van der Waals surface area contributed by atoms with Gasteiger partial charge in [-0.15, -0.1) is 0 Å². The fraction of sp³-hybridized carbons (Fsp3) is 0.161. The highest BCUT2D eigenvalue weighted by Gasteiger charge is 2.48. The number of halogens is 1. The van der Waals surface area contributed by atoms with Crippen LogP contribution in [0.5, 0.6) is 0 Å². The van der Waals surface area contributed by atoms with Crippen molar-refractivity contribution in [2.45, 2.75) is 25.0 Å². The molecule has 2 aliphatic heterocycles. The number of fused-ring (bicyclic) bond motifs is 5. The zero-order valence-corrected chi connectivity index (χ0v) is 20.8. The van der Waals surface area contributed by atoms with E-state index in [2.05, 4.69) is 41.4 Å². The van der Waals surface area contributed by atoms with Crippen molar-refractivity contribution in [3.05, 3.63) is 118 Å². The van der Waals surface area contributed by atoms with Crippen LogP contribution in [0.3, 0.4) is 0 Å². The molecule has 2 amide bonds. The first-order chi connectivity index (χ1) is 18.1. The summed E-state index contributed by atoms with van der Waals surface area (Å²) in [4.78, 5) is 35.0. The Labute approximate surface area is 219 Å². The summed E-state index contributed by atoms with van der Waals surface area (Å²) in [5, 5.41) is 3.95. The molecule has 0 aliphatic carbocycles. The Kier molecular flexibility index (Phi) is 5.08. The third-order valence-corrected chi connectivity index (χ3v) is 8.00. The number of carbonyl (C=O) groups excluding carboxylic acids is 2. The van der Waals surface area contributed by atoms with Crippen LogP contribution in [0.4, 0.5) is 0 Å². The molecule has 1 saturated heterocycles. The van der Waals surface area contributed by atoms with Crippen LogP contribution in [0.2, 0.25) is 5.02 Å². The molecule has 6 heteroatoms. The number of para-hydroxylation sites is 1.